The van der Waals surface area contributed by atoms with E-state index in [1.807, 2.05) is 6.07 Å². The van der Waals surface area contributed by atoms with Crippen LogP contribution in [0.3, 0.4) is 0 Å². The molecule has 0 aliphatic carbocycles. The first-order chi connectivity index (χ1) is 11.7. The van der Waals surface area contributed by atoms with Crippen molar-refractivity contribution in [1.82, 2.24) is 10.0 Å². The fourth-order valence-electron chi connectivity index (χ4n) is 2.22. The number of hydrogen-bond acceptors (Lipinski definition) is 3. The molecule has 0 bridgehead atoms. The van der Waals surface area contributed by atoms with Crippen LogP contribution in [-0.2, 0) is 10.0 Å². The Morgan fingerprint density at radius 1 is 1.00 bits per heavy atom. The van der Waals surface area contributed by atoms with E-state index in [-0.39, 0.29) is 23.5 Å². The first-order valence-corrected chi connectivity index (χ1v) is 8.98. The molecule has 2 aromatic rings. The van der Waals surface area contributed by atoms with Crippen molar-refractivity contribution in [1.29, 1.82) is 0 Å². The van der Waals surface area contributed by atoms with Gasteiger partial charge in [0.1, 0.15) is 11.6 Å². The molecule has 0 atom stereocenters. The van der Waals surface area contributed by atoms with Crippen LogP contribution >= 0.6 is 0 Å². The summed E-state index contributed by atoms with van der Waals surface area (Å²) in [6, 6.07) is 7.55. The average Bonchev–Trinajstić information content (AvgIpc) is 2.52. The van der Waals surface area contributed by atoms with E-state index in [4.69, 9.17) is 0 Å². The Labute approximate surface area is 145 Å². The molecule has 8 heteroatoms. The lowest BCUT2D eigenvalue weighted by molar-refractivity contribution is 0.0953. The summed E-state index contributed by atoms with van der Waals surface area (Å²) in [7, 11) is -3.71. The molecule has 0 spiro atoms. The van der Waals surface area contributed by atoms with Crippen LogP contribution in [0.5, 0.6) is 0 Å². The molecular weight excluding hydrogens is 350 g/mol. The molecular formula is C17H18F2N2O3S. The molecule has 25 heavy (non-hydrogen) atoms. The molecule has 0 radical (unpaired) electrons. The van der Waals surface area contributed by atoms with Gasteiger partial charge >= 0.3 is 0 Å². The minimum atomic E-state index is -3.71. The Hall–Kier alpha value is -2.32. The van der Waals surface area contributed by atoms with Gasteiger partial charge in [0.2, 0.25) is 10.0 Å². The van der Waals surface area contributed by atoms with Gasteiger partial charge < -0.3 is 5.32 Å². The standard InChI is InChI=1S/C17H18F2N2O3S/c1-11-3-4-12(2)16(7-11)25(23,24)21-6-5-20-17(22)13-8-14(18)10-15(19)9-13/h3-4,7-10,21H,5-6H2,1-2H3,(H,20,22). The number of carbonyl (C=O) groups is 1. The Morgan fingerprint density at radius 3 is 2.28 bits per heavy atom. The van der Waals surface area contributed by atoms with Crippen molar-refractivity contribution in [3.05, 3.63) is 64.7 Å². The van der Waals surface area contributed by atoms with Crippen LogP contribution < -0.4 is 10.0 Å². The zero-order valence-corrected chi connectivity index (χ0v) is 14.6. The van der Waals surface area contributed by atoms with E-state index in [2.05, 4.69) is 10.0 Å². The van der Waals surface area contributed by atoms with Crippen LogP contribution in [0.15, 0.2) is 41.3 Å². The van der Waals surface area contributed by atoms with Crippen LogP contribution in [0.2, 0.25) is 0 Å². The molecule has 134 valence electrons. The van der Waals surface area contributed by atoms with Crippen molar-refractivity contribution in [2.24, 2.45) is 0 Å². The third kappa shape index (κ3) is 5.07. The molecule has 0 saturated carbocycles. The van der Waals surface area contributed by atoms with Crippen LogP contribution in [0.25, 0.3) is 0 Å². The summed E-state index contributed by atoms with van der Waals surface area (Å²) in [6.45, 7) is 3.39. The van der Waals surface area contributed by atoms with E-state index < -0.39 is 27.6 Å². The normalized spacial score (nSPS) is 11.4. The largest absolute Gasteiger partial charge is 0.351 e. The average molecular weight is 368 g/mol. The van der Waals surface area contributed by atoms with Crippen molar-refractivity contribution in [3.8, 4) is 0 Å². The van der Waals surface area contributed by atoms with Gasteiger partial charge in [0.05, 0.1) is 4.90 Å². The molecule has 2 rings (SSSR count). The van der Waals surface area contributed by atoms with Gasteiger partial charge in [0.25, 0.3) is 5.91 Å². The lowest BCUT2D eigenvalue weighted by Gasteiger charge is -2.11. The summed E-state index contributed by atoms with van der Waals surface area (Å²) >= 11 is 0. The molecule has 0 heterocycles. The third-order valence-corrected chi connectivity index (χ3v) is 5.06. The summed E-state index contributed by atoms with van der Waals surface area (Å²) < 4.78 is 53.1. The summed E-state index contributed by atoms with van der Waals surface area (Å²) in [5.74, 6) is -2.41. The Kier molecular flexibility index (Phi) is 5.86. The van der Waals surface area contributed by atoms with E-state index in [9.17, 15) is 22.0 Å². The predicted octanol–water partition coefficient (Wildman–Crippen LogP) is 2.29. The van der Waals surface area contributed by atoms with Gasteiger partial charge in [0.15, 0.2) is 0 Å². The molecule has 0 unspecified atom stereocenters. The maximum absolute atomic E-state index is 13.1. The van der Waals surface area contributed by atoms with Crippen LogP contribution in [0, 0.1) is 25.5 Å². The Bertz CT molecular complexity index is 879. The first-order valence-electron chi connectivity index (χ1n) is 7.50. The summed E-state index contributed by atoms with van der Waals surface area (Å²) in [4.78, 5) is 12.0. The number of carbonyl (C=O) groups excluding carboxylic acids is 1. The zero-order valence-electron chi connectivity index (χ0n) is 13.8. The molecule has 0 fully saturated rings. The molecule has 2 aromatic carbocycles. The second-order valence-corrected chi connectivity index (χ2v) is 7.32. The highest BCUT2D eigenvalue weighted by Crippen LogP contribution is 2.16. The number of benzene rings is 2. The second kappa shape index (κ2) is 7.71. The number of halogens is 2. The van der Waals surface area contributed by atoms with Crippen molar-refractivity contribution >= 4 is 15.9 Å². The highest BCUT2D eigenvalue weighted by molar-refractivity contribution is 7.89. The number of hydrogen-bond donors (Lipinski definition) is 2. The lowest BCUT2D eigenvalue weighted by atomic mass is 10.2. The van der Waals surface area contributed by atoms with Crippen molar-refractivity contribution in [3.63, 3.8) is 0 Å². The van der Waals surface area contributed by atoms with Crippen LogP contribution in [0.1, 0.15) is 21.5 Å². The van der Waals surface area contributed by atoms with Gasteiger partial charge in [0, 0.05) is 24.7 Å². The molecule has 2 N–H and O–H groups in total. The van der Waals surface area contributed by atoms with Crippen molar-refractivity contribution < 1.29 is 22.0 Å². The van der Waals surface area contributed by atoms with E-state index >= 15 is 0 Å². The van der Waals surface area contributed by atoms with Gasteiger partial charge in [-0.2, -0.15) is 0 Å². The monoisotopic (exact) mass is 368 g/mol. The smallest absolute Gasteiger partial charge is 0.251 e. The number of rotatable bonds is 6. The zero-order chi connectivity index (χ0) is 18.6. The highest BCUT2D eigenvalue weighted by Gasteiger charge is 2.16. The quantitative estimate of drug-likeness (QED) is 0.768. The summed E-state index contributed by atoms with van der Waals surface area (Å²) in [6.07, 6.45) is 0. The molecule has 0 aliphatic heterocycles. The van der Waals surface area contributed by atoms with E-state index in [1.54, 1.807) is 26.0 Å². The molecule has 0 aliphatic rings. The predicted molar refractivity (Wildman–Crippen MR) is 89.8 cm³/mol. The van der Waals surface area contributed by atoms with Gasteiger partial charge in [-0.1, -0.05) is 12.1 Å². The van der Waals surface area contributed by atoms with Gasteiger partial charge in [-0.25, -0.2) is 21.9 Å². The topological polar surface area (TPSA) is 75.3 Å². The van der Waals surface area contributed by atoms with E-state index in [0.29, 0.717) is 11.6 Å². The second-order valence-electron chi connectivity index (χ2n) is 5.58. The van der Waals surface area contributed by atoms with E-state index in [1.165, 1.54) is 0 Å². The fraction of sp³-hybridized carbons (Fsp3) is 0.235. The lowest BCUT2D eigenvalue weighted by Crippen LogP contribution is -2.35. The van der Waals surface area contributed by atoms with Crippen LogP contribution in [0.4, 0.5) is 8.78 Å². The van der Waals surface area contributed by atoms with Crippen molar-refractivity contribution in [2.75, 3.05) is 13.1 Å². The molecule has 0 aromatic heterocycles. The summed E-state index contributed by atoms with van der Waals surface area (Å²) in [5, 5.41) is 2.40. The Balaban J connectivity index is 1.94. The van der Waals surface area contributed by atoms with Crippen LogP contribution in [-0.4, -0.2) is 27.4 Å². The first kappa shape index (κ1) is 19.0. The maximum Gasteiger partial charge on any atom is 0.251 e. The summed E-state index contributed by atoms with van der Waals surface area (Å²) in [5.41, 5.74) is 1.25. The number of nitrogens with one attached hydrogen (secondary N) is 2. The molecule has 5 nitrogen and oxygen atoms in total. The fourth-order valence-corrected chi connectivity index (χ4v) is 3.58. The maximum atomic E-state index is 13.1. The SMILES string of the molecule is Cc1ccc(C)c(S(=O)(=O)NCCNC(=O)c2cc(F)cc(F)c2)c1. The number of aryl methyl sites for hydroxylation is 2. The number of amides is 1. The van der Waals surface area contributed by atoms with Gasteiger partial charge in [-0.05, 0) is 43.2 Å². The highest BCUT2D eigenvalue weighted by atomic mass is 32.2. The molecule has 0 saturated heterocycles. The van der Waals surface area contributed by atoms with Crippen molar-refractivity contribution in [2.45, 2.75) is 18.7 Å². The Morgan fingerprint density at radius 2 is 1.64 bits per heavy atom. The minimum Gasteiger partial charge on any atom is -0.351 e. The van der Waals surface area contributed by atoms with E-state index in [0.717, 1.165) is 17.7 Å². The van der Waals surface area contributed by atoms with Gasteiger partial charge in [-0.15, -0.1) is 0 Å². The minimum absolute atomic E-state index is 0.0267. The molecule has 1 amide bonds. The third-order valence-electron chi connectivity index (χ3n) is 3.46. The van der Waals surface area contributed by atoms with Gasteiger partial charge in [-0.3, -0.25) is 4.79 Å². The number of sulfonamides is 1.